The van der Waals surface area contributed by atoms with E-state index < -0.39 is 61.3 Å². The fourth-order valence-electron chi connectivity index (χ4n) is 4.28. The maximum Gasteiger partial charge on any atom is 0.341 e. The van der Waals surface area contributed by atoms with Gasteiger partial charge in [0.05, 0.1) is 22.0 Å². The van der Waals surface area contributed by atoms with Gasteiger partial charge < -0.3 is 30.9 Å². The van der Waals surface area contributed by atoms with E-state index in [2.05, 4.69) is 10.6 Å². The number of para-hydroxylation sites is 1. The first-order valence-corrected chi connectivity index (χ1v) is 14.8. The van der Waals surface area contributed by atoms with E-state index in [1.807, 2.05) is 42.5 Å². The van der Waals surface area contributed by atoms with Crippen molar-refractivity contribution in [1.82, 2.24) is 10.6 Å². The van der Waals surface area contributed by atoms with E-state index in [4.69, 9.17) is 38.4 Å². The Morgan fingerprint density at radius 2 is 1.47 bits per heavy atom. The minimum Gasteiger partial charge on any atom is -0.483 e. The minimum absolute atomic E-state index is 0.000987. The first kappa shape index (κ1) is 35.0. The summed E-state index contributed by atoms with van der Waals surface area (Å²) < 4.78 is 10.8. The highest BCUT2D eigenvalue weighted by molar-refractivity contribution is 6.39. The van der Waals surface area contributed by atoms with Crippen LogP contribution in [0.25, 0.3) is 11.1 Å². The van der Waals surface area contributed by atoms with E-state index >= 15 is 0 Å². The topological polar surface area (TPSA) is 174 Å². The summed E-state index contributed by atoms with van der Waals surface area (Å²) in [6.45, 7) is -0.928. The smallest absolute Gasteiger partial charge is 0.341 e. The second kappa shape index (κ2) is 17.7. The van der Waals surface area contributed by atoms with Crippen LogP contribution in [0, 0.1) is 0 Å². The standard InChI is InChI=1S/C32H33Cl2N3O8/c33-22-12-8-13-23(34)30(22)32(43)45-18-26(38)25(17-29(40)41)37-31(42)24(14-6-7-16-35)36-28(39)19-44-27-15-5-4-11-21(27)20-9-2-1-3-10-20/h1-5,8-13,15,24-25H,6-7,14,16-19,35H2,(H,36,39)(H,37,42)(H,40,41). The molecular formula is C32H33Cl2N3O8. The van der Waals surface area contributed by atoms with Crippen LogP contribution in [0.5, 0.6) is 5.75 Å². The zero-order valence-corrected chi connectivity index (χ0v) is 25.7. The van der Waals surface area contributed by atoms with Gasteiger partial charge in [-0.15, -0.1) is 0 Å². The molecule has 0 bridgehead atoms. The molecule has 11 nitrogen and oxygen atoms in total. The molecular weight excluding hydrogens is 625 g/mol. The van der Waals surface area contributed by atoms with Gasteiger partial charge in [-0.2, -0.15) is 0 Å². The highest BCUT2D eigenvalue weighted by Crippen LogP contribution is 2.29. The number of esters is 1. The van der Waals surface area contributed by atoms with Crippen molar-refractivity contribution < 1.29 is 38.6 Å². The van der Waals surface area contributed by atoms with E-state index in [0.29, 0.717) is 25.1 Å². The number of ether oxygens (including phenoxy) is 2. The molecule has 3 aromatic carbocycles. The van der Waals surface area contributed by atoms with Crippen LogP contribution in [-0.2, 0) is 23.9 Å². The third-order valence-electron chi connectivity index (χ3n) is 6.53. The molecule has 0 radical (unpaired) electrons. The highest BCUT2D eigenvalue weighted by Gasteiger charge is 2.29. The van der Waals surface area contributed by atoms with Crippen LogP contribution in [0.15, 0.2) is 72.8 Å². The SMILES string of the molecule is NCCCCC(NC(=O)COc1ccccc1-c1ccccc1)C(=O)NC(CC(=O)O)C(=O)COC(=O)c1c(Cl)cccc1Cl. The number of ketones is 1. The molecule has 2 atom stereocenters. The molecule has 0 aliphatic heterocycles. The van der Waals surface area contributed by atoms with Crippen LogP contribution in [0.3, 0.4) is 0 Å². The maximum absolute atomic E-state index is 13.2. The first-order chi connectivity index (χ1) is 21.6. The van der Waals surface area contributed by atoms with Gasteiger partial charge in [0.15, 0.2) is 19.0 Å². The number of carbonyl (C=O) groups excluding carboxylic acids is 4. The molecule has 3 aromatic rings. The average molecular weight is 659 g/mol. The van der Waals surface area contributed by atoms with Crippen LogP contribution in [0.1, 0.15) is 36.0 Å². The van der Waals surface area contributed by atoms with Crippen LogP contribution < -0.4 is 21.1 Å². The van der Waals surface area contributed by atoms with Gasteiger partial charge >= 0.3 is 11.9 Å². The lowest BCUT2D eigenvalue weighted by Gasteiger charge is -2.22. The largest absolute Gasteiger partial charge is 0.483 e. The number of carbonyl (C=O) groups is 5. The summed E-state index contributed by atoms with van der Waals surface area (Å²) in [5, 5.41) is 14.3. The molecule has 0 spiro atoms. The van der Waals surface area contributed by atoms with Crippen molar-refractivity contribution in [3.63, 3.8) is 0 Å². The van der Waals surface area contributed by atoms with Gasteiger partial charge in [0.25, 0.3) is 5.91 Å². The lowest BCUT2D eigenvalue weighted by Crippen LogP contribution is -2.53. The van der Waals surface area contributed by atoms with Gasteiger partial charge in [-0.25, -0.2) is 4.79 Å². The fraction of sp³-hybridized carbons (Fsp3) is 0.281. The Kier molecular flexibility index (Phi) is 13.8. The van der Waals surface area contributed by atoms with Crippen molar-refractivity contribution in [3.05, 3.63) is 88.4 Å². The van der Waals surface area contributed by atoms with Gasteiger partial charge in [0, 0.05) is 5.56 Å². The van der Waals surface area contributed by atoms with Gasteiger partial charge in [-0.1, -0.05) is 77.8 Å². The molecule has 13 heteroatoms. The highest BCUT2D eigenvalue weighted by atomic mass is 35.5. The van der Waals surface area contributed by atoms with Crippen molar-refractivity contribution in [2.75, 3.05) is 19.8 Å². The Balaban J connectivity index is 1.66. The number of carboxylic acids is 1. The van der Waals surface area contributed by atoms with Gasteiger partial charge in [0.1, 0.15) is 17.8 Å². The van der Waals surface area contributed by atoms with Crippen LogP contribution in [0.4, 0.5) is 0 Å². The molecule has 0 saturated heterocycles. The number of nitrogens with two attached hydrogens (primary N) is 1. The van der Waals surface area contributed by atoms with Crippen molar-refractivity contribution in [3.8, 4) is 16.9 Å². The number of amides is 2. The first-order valence-electron chi connectivity index (χ1n) is 14.0. The number of hydrogen-bond acceptors (Lipinski definition) is 8. The quantitative estimate of drug-likeness (QED) is 0.123. The van der Waals surface area contributed by atoms with Crippen LogP contribution in [0.2, 0.25) is 10.0 Å². The number of aliphatic carboxylic acids is 1. The van der Waals surface area contributed by atoms with Crippen molar-refractivity contribution in [2.24, 2.45) is 5.73 Å². The number of carboxylic acid groups (broad SMARTS) is 1. The summed E-state index contributed by atoms with van der Waals surface area (Å²) in [6.07, 6.45) is 0.375. The molecule has 5 N–H and O–H groups in total. The van der Waals surface area contributed by atoms with Crippen LogP contribution >= 0.6 is 23.2 Å². The lowest BCUT2D eigenvalue weighted by molar-refractivity contribution is -0.141. The van der Waals surface area contributed by atoms with Crippen LogP contribution in [-0.4, -0.2) is 66.5 Å². The number of Topliss-reactive ketones (excluding diaryl/α,β-unsaturated/α-hetero) is 1. The van der Waals surface area contributed by atoms with Crippen molar-refractivity contribution in [2.45, 2.75) is 37.8 Å². The summed E-state index contributed by atoms with van der Waals surface area (Å²) in [4.78, 5) is 63.0. The number of unbranched alkanes of at least 4 members (excludes halogenated alkanes) is 1. The summed E-state index contributed by atoms with van der Waals surface area (Å²) in [5.74, 6) is -4.23. The maximum atomic E-state index is 13.2. The van der Waals surface area contributed by atoms with Gasteiger partial charge in [0.2, 0.25) is 5.91 Å². The Hall–Kier alpha value is -4.45. The number of benzene rings is 3. The Morgan fingerprint density at radius 1 is 0.800 bits per heavy atom. The molecule has 238 valence electrons. The molecule has 0 saturated carbocycles. The molecule has 45 heavy (non-hydrogen) atoms. The molecule has 3 rings (SSSR count). The number of rotatable bonds is 17. The third-order valence-corrected chi connectivity index (χ3v) is 7.16. The zero-order chi connectivity index (χ0) is 32.8. The van der Waals surface area contributed by atoms with Crippen molar-refractivity contribution in [1.29, 1.82) is 0 Å². The molecule has 2 amide bonds. The molecule has 0 aliphatic carbocycles. The van der Waals surface area contributed by atoms with E-state index in [1.165, 1.54) is 18.2 Å². The molecule has 2 unspecified atom stereocenters. The predicted octanol–water partition coefficient (Wildman–Crippen LogP) is 4.04. The summed E-state index contributed by atoms with van der Waals surface area (Å²) in [5.41, 5.74) is 7.09. The molecule has 0 fully saturated rings. The summed E-state index contributed by atoms with van der Waals surface area (Å²) >= 11 is 12.0. The molecule has 0 heterocycles. The van der Waals surface area contributed by atoms with E-state index in [-0.39, 0.29) is 22.0 Å². The predicted molar refractivity (Wildman–Crippen MR) is 168 cm³/mol. The Bertz CT molecular complexity index is 1480. The van der Waals surface area contributed by atoms with Gasteiger partial charge in [-0.05, 0) is 49.6 Å². The monoisotopic (exact) mass is 657 g/mol. The van der Waals surface area contributed by atoms with E-state index in [1.54, 1.807) is 12.1 Å². The second-order valence-corrected chi connectivity index (χ2v) is 10.7. The van der Waals surface area contributed by atoms with Gasteiger partial charge in [-0.3, -0.25) is 19.2 Å². The number of hydrogen-bond donors (Lipinski definition) is 4. The summed E-state index contributed by atoms with van der Waals surface area (Å²) in [7, 11) is 0. The minimum atomic E-state index is -1.56. The second-order valence-electron chi connectivity index (χ2n) is 9.85. The average Bonchev–Trinajstić information content (AvgIpc) is 3.02. The fourth-order valence-corrected chi connectivity index (χ4v) is 4.84. The molecule has 0 aliphatic rings. The van der Waals surface area contributed by atoms with Crippen molar-refractivity contribution >= 4 is 52.7 Å². The third kappa shape index (κ3) is 10.9. The molecule has 0 aromatic heterocycles. The zero-order valence-electron chi connectivity index (χ0n) is 24.2. The Labute approximate surface area is 270 Å². The normalized spacial score (nSPS) is 12.0. The van der Waals surface area contributed by atoms with E-state index in [9.17, 15) is 29.1 Å². The Morgan fingerprint density at radius 3 is 2.13 bits per heavy atom. The van der Waals surface area contributed by atoms with E-state index in [0.717, 1.165) is 11.1 Å². The number of nitrogens with one attached hydrogen (secondary N) is 2. The lowest BCUT2D eigenvalue weighted by atomic mass is 10.0. The summed E-state index contributed by atoms with van der Waals surface area (Å²) in [6, 6.07) is 18.3. The number of halogens is 2.